The summed E-state index contributed by atoms with van der Waals surface area (Å²) in [4.78, 5) is 26.7. The molecule has 0 radical (unpaired) electrons. The maximum atomic E-state index is 12.9. The topological polar surface area (TPSA) is 81.6 Å². The van der Waals surface area contributed by atoms with Gasteiger partial charge in [0.15, 0.2) is 5.82 Å². The minimum Gasteiger partial charge on any atom is -0.443 e. The molecule has 2 amide bonds. The van der Waals surface area contributed by atoms with Gasteiger partial charge in [0.2, 0.25) is 0 Å². The minimum absolute atomic E-state index is 0.0656. The molecule has 1 aliphatic rings. The Morgan fingerprint density at radius 3 is 2.04 bits per heavy atom. The summed E-state index contributed by atoms with van der Waals surface area (Å²) < 4.78 is 10.9. The first-order valence-electron chi connectivity index (χ1n) is 8.88. The second kappa shape index (κ2) is 7.04. The smallest absolute Gasteiger partial charge is 0.425 e. The van der Waals surface area contributed by atoms with Crippen LogP contribution < -0.4 is 4.90 Å². The number of carbonyl (C=O) groups excluding carboxylic acids is 2. The fourth-order valence-electron chi connectivity index (χ4n) is 3.00. The van der Waals surface area contributed by atoms with E-state index in [-0.39, 0.29) is 16.1 Å². The SMILES string of the molecule is CC(C)(C)OC(=O)N(C(=O)OC(C)(C)C)c1nncc2c1C(C)(C)CC2Br. The Kier molecular flexibility index (Phi) is 5.63. The first-order valence-corrected chi connectivity index (χ1v) is 9.80. The Morgan fingerprint density at radius 1 is 1.11 bits per heavy atom. The van der Waals surface area contributed by atoms with Crippen LogP contribution in [0.15, 0.2) is 6.20 Å². The molecule has 0 aliphatic heterocycles. The second-order valence-electron chi connectivity index (χ2n) is 9.35. The number of nitrogens with zero attached hydrogens (tertiary/aromatic N) is 3. The number of rotatable bonds is 1. The van der Waals surface area contributed by atoms with E-state index >= 15 is 0 Å². The standard InChI is InChI=1S/C19H28BrN3O4/c1-17(2,3)26-15(24)23(16(25)27-18(4,5)6)14-13-11(10-21-22-14)12(20)9-19(13,7)8/h10,12H,9H2,1-8H3. The zero-order valence-corrected chi connectivity index (χ0v) is 18.8. The third-order valence-corrected chi connectivity index (χ3v) is 4.75. The Bertz CT molecular complexity index is 722. The van der Waals surface area contributed by atoms with Crippen LogP contribution in [0.2, 0.25) is 0 Å². The zero-order chi connectivity index (χ0) is 20.8. The van der Waals surface area contributed by atoms with E-state index in [9.17, 15) is 9.59 Å². The number of aromatic nitrogens is 2. The van der Waals surface area contributed by atoms with Crippen molar-refractivity contribution in [3.8, 4) is 0 Å². The fraction of sp³-hybridized carbons (Fsp3) is 0.684. The Labute approximate surface area is 168 Å². The fourth-order valence-corrected chi connectivity index (χ4v) is 4.16. The number of fused-ring (bicyclic) bond motifs is 1. The van der Waals surface area contributed by atoms with Gasteiger partial charge in [-0.05, 0) is 58.9 Å². The third kappa shape index (κ3) is 4.97. The summed E-state index contributed by atoms with van der Waals surface area (Å²) in [6, 6.07) is 0. The van der Waals surface area contributed by atoms with Gasteiger partial charge in [0.1, 0.15) is 11.2 Å². The van der Waals surface area contributed by atoms with E-state index in [2.05, 4.69) is 26.1 Å². The van der Waals surface area contributed by atoms with Gasteiger partial charge in [-0.15, -0.1) is 5.10 Å². The monoisotopic (exact) mass is 441 g/mol. The average molecular weight is 442 g/mol. The Balaban J connectivity index is 2.59. The lowest BCUT2D eigenvalue weighted by Gasteiger charge is -2.30. The molecule has 150 valence electrons. The molecule has 1 heterocycles. The van der Waals surface area contributed by atoms with Gasteiger partial charge in [-0.1, -0.05) is 29.8 Å². The largest absolute Gasteiger partial charge is 0.443 e. The molecular formula is C19H28BrN3O4. The summed E-state index contributed by atoms with van der Waals surface area (Å²) in [5, 5.41) is 8.15. The molecule has 1 unspecified atom stereocenters. The summed E-state index contributed by atoms with van der Waals surface area (Å²) in [7, 11) is 0. The van der Waals surface area contributed by atoms with Gasteiger partial charge in [-0.2, -0.15) is 10.00 Å². The molecule has 1 atom stereocenters. The van der Waals surface area contributed by atoms with Crippen LogP contribution >= 0.6 is 15.9 Å². The lowest BCUT2D eigenvalue weighted by molar-refractivity contribution is 0.0428. The van der Waals surface area contributed by atoms with E-state index in [0.717, 1.165) is 22.4 Å². The molecule has 7 nitrogen and oxygen atoms in total. The number of anilines is 1. The van der Waals surface area contributed by atoms with Crippen molar-refractivity contribution in [2.75, 3.05) is 4.90 Å². The van der Waals surface area contributed by atoms with Crippen LogP contribution in [0.1, 0.15) is 77.8 Å². The van der Waals surface area contributed by atoms with Crippen molar-refractivity contribution in [3.05, 3.63) is 17.3 Å². The van der Waals surface area contributed by atoms with Crippen LogP contribution in [0.4, 0.5) is 15.4 Å². The molecule has 0 bridgehead atoms. The van der Waals surface area contributed by atoms with Gasteiger partial charge in [-0.25, -0.2) is 9.59 Å². The number of ether oxygens (including phenoxy) is 2. The summed E-state index contributed by atoms with van der Waals surface area (Å²) in [6.07, 6.45) is 0.774. The van der Waals surface area contributed by atoms with E-state index in [4.69, 9.17) is 9.47 Å². The van der Waals surface area contributed by atoms with Crippen molar-refractivity contribution in [1.82, 2.24) is 10.2 Å². The summed E-state index contributed by atoms with van der Waals surface area (Å²) >= 11 is 3.65. The highest BCUT2D eigenvalue weighted by Gasteiger charge is 2.44. The molecule has 1 aromatic rings. The van der Waals surface area contributed by atoms with Gasteiger partial charge >= 0.3 is 12.2 Å². The van der Waals surface area contributed by atoms with E-state index < -0.39 is 23.4 Å². The highest BCUT2D eigenvalue weighted by Crippen LogP contribution is 2.51. The lowest BCUT2D eigenvalue weighted by Crippen LogP contribution is -2.45. The zero-order valence-electron chi connectivity index (χ0n) is 17.2. The van der Waals surface area contributed by atoms with E-state index in [1.165, 1.54) is 0 Å². The van der Waals surface area contributed by atoms with Gasteiger partial charge in [-0.3, -0.25) is 0 Å². The van der Waals surface area contributed by atoms with Crippen molar-refractivity contribution in [2.24, 2.45) is 0 Å². The number of halogens is 1. The molecule has 1 aromatic heterocycles. The summed E-state index contributed by atoms with van der Waals surface area (Å²) in [5.74, 6) is 0.156. The predicted molar refractivity (Wildman–Crippen MR) is 106 cm³/mol. The Hall–Kier alpha value is -1.70. The predicted octanol–water partition coefficient (Wildman–Crippen LogP) is 5.27. The van der Waals surface area contributed by atoms with Crippen LogP contribution in [0.25, 0.3) is 0 Å². The molecule has 0 aromatic carbocycles. The molecule has 0 saturated carbocycles. The number of imide groups is 1. The average Bonchev–Trinajstić information content (AvgIpc) is 2.65. The molecule has 2 rings (SSSR count). The number of hydrogen-bond donors (Lipinski definition) is 0. The normalized spacial score (nSPS) is 18.6. The van der Waals surface area contributed by atoms with Crippen molar-refractivity contribution < 1.29 is 19.1 Å². The second-order valence-corrected chi connectivity index (χ2v) is 10.5. The van der Waals surface area contributed by atoms with Crippen molar-refractivity contribution in [3.63, 3.8) is 0 Å². The molecule has 0 spiro atoms. The van der Waals surface area contributed by atoms with Crippen molar-refractivity contribution in [2.45, 2.75) is 83.3 Å². The maximum Gasteiger partial charge on any atom is 0.425 e. The first-order chi connectivity index (χ1) is 12.1. The molecular weight excluding hydrogens is 414 g/mol. The lowest BCUT2D eigenvalue weighted by atomic mass is 9.87. The van der Waals surface area contributed by atoms with Crippen LogP contribution in [-0.4, -0.2) is 33.6 Å². The van der Waals surface area contributed by atoms with Gasteiger partial charge in [0, 0.05) is 10.4 Å². The van der Waals surface area contributed by atoms with Gasteiger partial charge in [0.25, 0.3) is 0 Å². The number of carbonyl (C=O) groups is 2. The number of amides is 2. The maximum absolute atomic E-state index is 12.9. The molecule has 0 saturated heterocycles. The van der Waals surface area contributed by atoms with Crippen molar-refractivity contribution >= 4 is 33.9 Å². The van der Waals surface area contributed by atoms with Crippen LogP contribution in [-0.2, 0) is 14.9 Å². The van der Waals surface area contributed by atoms with Gasteiger partial charge < -0.3 is 9.47 Å². The third-order valence-electron chi connectivity index (χ3n) is 3.93. The Morgan fingerprint density at radius 2 is 1.59 bits per heavy atom. The quantitative estimate of drug-likeness (QED) is 0.551. The van der Waals surface area contributed by atoms with E-state index in [0.29, 0.717) is 0 Å². The first kappa shape index (κ1) is 21.6. The highest BCUT2D eigenvalue weighted by atomic mass is 79.9. The van der Waals surface area contributed by atoms with Crippen LogP contribution in [0, 0.1) is 0 Å². The number of hydrogen-bond acceptors (Lipinski definition) is 6. The molecule has 0 N–H and O–H groups in total. The van der Waals surface area contributed by atoms with Crippen LogP contribution in [0.5, 0.6) is 0 Å². The van der Waals surface area contributed by atoms with Gasteiger partial charge in [0.05, 0.1) is 6.20 Å². The minimum atomic E-state index is -0.840. The molecule has 1 aliphatic carbocycles. The summed E-state index contributed by atoms with van der Waals surface area (Å²) in [5.41, 5.74) is -0.179. The highest BCUT2D eigenvalue weighted by molar-refractivity contribution is 9.09. The van der Waals surface area contributed by atoms with Crippen molar-refractivity contribution in [1.29, 1.82) is 0 Å². The van der Waals surface area contributed by atoms with E-state index in [1.54, 1.807) is 47.7 Å². The molecule has 8 heteroatoms. The number of alkyl halides is 1. The summed E-state index contributed by atoms with van der Waals surface area (Å²) in [6.45, 7) is 14.5. The van der Waals surface area contributed by atoms with Crippen LogP contribution in [0.3, 0.4) is 0 Å². The molecule has 0 fully saturated rings. The van der Waals surface area contributed by atoms with E-state index in [1.807, 2.05) is 13.8 Å². The molecule has 27 heavy (non-hydrogen) atoms.